The van der Waals surface area contributed by atoms with Crippen LogP contribution in [-0.4, -0.2) is 19.1 Å². The highest BCUT2D eigenvalue weighted by Gasteiger charge is 2.17. The Balaban J connectivity index is 0.00000225. The molecule has 1 aromatic rings. The van der Waals surface area contributed by atoms with Crippen LogP contribution in [0, 0.1) is 0 Å². The number of rotatable bonds is 3. The Morgan fingerprint density at radius 1 is 1.44 bits per heavy atom. The Morgan fingerprint density at radius 2 is 1.94 bits per heavy atom. The first-order chi connectivity index (χ1) is 7.06. The van der Waals surface area contributed by atoms with Crippen LogP contribution >= 0.6 is 35.6 Å². The van der Waals surface area contributed by atoms with Crippen molar-refractivity contribution in [3.63, 3.8) is 0 Å². The molecule has 0 aliphatic carbocycles. The third-order valence-electron chi connectivity index (χ3n) is 1.99. The molecule has 0 spiro atoms. The predicted octanol–water partition coefficient (Wildman–Crippen LogP) is 2.46. The first-order valence-corrected chi connectivity index (χ1v) is 5.08. The molecule has 0 heterocycles. The van der Waals surface area contributed by atoms with Crippen molar-refractivity contribution in [3.05, 3.63) is 33.8 Å². The van der Waals surface area contributed by atoms with Gasteiger partial charge in [-0.15, -0.1) is 12.4 Å². The summed E-state index contributed by atoms with van der Waals surface area (Å²) in [5.74, 6) is -0.481. The molecule has 16 heavy (non-hydrogen) atoms. The van der Waals surface area contributed by atoms with Gasteiger partial charge in [-0.2, -0.15) is 0 Å². The summed E-state index contributed by atoms with van der Waals surface area (Å²) in [7, 11) is 1.29. The van der Waals surface area contributed by atoms with E-state index in [1.165, 1.54) is 7.11 Å². The molecule has 90 valence electrons. The maximum atomic E-state index is 11.1. The Labute approximate surface area is 110 Å². The molecule has 0 saturated heterocycles. The van der Waals surface area contributed by atoms with Gasteiger partial charge in [0, 0.05) is 16.5 Å². The Morgan fingerprint density at radius 3 is 2.38 bits per heavy atom. The van der Waals surface area contributed by atoms with Crippen LogP contribution in [0.15, 0.2) is 18.2 Å². The largest absolute Gasteiger partial charge is 0.468 e. The minimum atomic E-state index is -0.743. The van der Waals surface area contributed by atoms with Gasteiger partial charge >= 0.3 is 5.97 Å². The Bertz CT molecular complexity index is 351. The number of esters is 1. The molecule has 0 fully saturated rings. The van der Waals surface area contributed by atoms with Crippen molar-refractivity contribution in [2.75, 3.05) is 7.11 Å². The number of methoxy groups -OCH3 is 1. The van der Waals surface area contributed by atoms with Gasteiger partial charge in [0.25, 0.3) is 0 Å². The molecule has 3 nitrogen and oxygen atoms in total. The zero-order valence-electron chi connectivity index (χ0n) is 8.57. The molecule has 0 aliphatic heterocycles. The normalized spacial score (nSPS) is 11.5. The lowest BCUT2D eigenvalue weighted by Gasteiger charge is -2.11. The van der Waals surface area contributed by atoms with Crippen LogP contribution in [0.25, 0.3) is 0 Å². The van der Waals surface area contributed by atoms with Crippen LogP contribution < -0.4 is 5.73 Å². The number of hydrogen-bond donors (Lipinski definition) is 1. The van der Waals surface area contributed by atoms with Crippen molar-refractivity contribution < 1.29 is 9.53 Å². The first kappa shape index (κ1) is 15.5. The van der Waals surface area contributed by atoms with Gasteiger partial charge in [-0.1, -0.05) is 29.3 Å². The summed E-state index contributed by atoms with van der Waals surface area (Å²) in [5.41, 5.74) is 6.27. The zero-order chi connectivity index (χ0) is 11.4. The summed E-state index contributed by atoms with van der Waals surface area (Å²) in [6.45, 7) is 0. The van der Waals surface area contributed by atoms with Crippen LogP contribution in [-0.2, 0) is 16.0 Å². The molecule has 1 atom stereocenters. The molecule has 2 N–H and O–H groups in total. The van der Waals surface area contributed by atoms with Crippen LogP contribution in [0.2, 0.25) is 10.0 Å². The molecule has 0 aromatic heterocycles. The average Bonchev–Trinajstić information content (AvgIpc) is 2.22. The van der Waals surface area contributed by atoms with Crippen LogP contribution in [0.4, 0.5) is 0 Å². The van der Waals surface area contributed by atoms with E-state index in [0.717, 1.165) is 0 Å². The molecule has 0 aliphatic rings. The molecule has 6 heteroatoms. The molecule has 0 radical (unpaired) electrons. The molecule has 1 aromatic carbocycles. The van der Waals surface area contributed by atoms with E-state index in [1.807, 2.05) is 0 Å². The fraction of sp³-hybridized carbons (Fsp3) is 0.300. The van der Waals surface area contributed by atoms with E-state index in [4.69, 9.17) is 28.9 Å². The van der Waals surface area contributed by atoms with Crippen molar-refractivity contribution in [1.82, 2.24) is 0 Å². The summed E-state index contributed by atoms with van der Waals surface area (Å²) >= 11 is 11.9. The van der Waals surface area contributed by atoms with Gasteiger partial charge in [0.2, 0.25) is 0 Å². The van der Waals surface area contributed by atoms with Crippen molar-refractivity contribution in [2.24, 2.45) is 5.73 Å². The third kappa shape index (κ3) is 3.83. The zero-order valence-corrected chi connectivity index (χ0v) is 10.9. The number of halogens is 3. The predicted molar refractivity (Wildman–Crippen MR) is 67.4 cm³/mol. The molecule has 0 saturated carbocycles. The highest BCUT2D eigenvalue weighted by molar-refractivity contribution is 6.36. The summed E-state index contributed by atoms with van der Waals surface area (Å²) in [4.78, 5) is 11.1. The first-order valence-electron chi connectivity index (χ1n) is 4.32. The van der Waals surface area contributed by atoms with Gasteiger partial charge in [0.15, 0.2) is 0 Å². The lowest BCUT2D eigenvalue weighted by molar-refractivity contribution is -0.142. The molecule has 1 unspecified atom stereocenters. The lowest BCUT2D eigenvalue weighted by Crippen LogP contribution is -2.33. The van der Waals surface area contributed by atoms with Crippen molar-refractivity contribution >= 4 is 41.6 Å². The van der Waals surface area contributed by atoms with Crippen molar-refractivity contribution in [2.45, 2.75) is 12.5 Å². The number of carbonyl (C=O) groups is 1. The molecule has 0 bridgehead atoms. The van der Waals surface area contributed by atoms with Crippen LogP contribution in [0.3, 0.4) is 0 Å². The van der Waals surface area contributed by atoms with E-state index in [1.54, 1.807) is 18.2 Å². The smallest absolute Gasteiger partial charge is 0.322 e. The number of nitrogens with two attached hydrogens (primary N) is 1. The Hall–Kier alpha value is -0.480. The minimum absolute atomic E-state index is 0. The van der Waals surface area contributed by atoms with Crippen molar-refractivity contribution in [3.8, 4) is 0 Å². The van der Waals surface area contributed by atoms with E-state index in [-0.39, 0.29) is 18.8 Å². The lowest BCUT2D eigenvalue weighted by atomic mass is 10.1. The van der Waals surface area contributed by atoms with Crippen LogP contribution in [0.5, 0.6) is 0 Å². The number of carbonyl (C=O) groups excluding carboxylic acids is 1. The fourth-order valence-corrected chi connectivity index (χ4v) is 1.73. The SMILES string of the molecule is COC(=O)C(N)Cc1c(Cl)cccc1Cl.Cl. The highest BCUT2D eigenvalue weighted by Crippen LogP contribution is 2.25. The topological polar surface area (TPSA) is 52.3 Å². The summed E-state index contributed by atoms with van der Waals surface area (Å²) in [6, 6.07) is 4.39. The monoisotopic (exact) mass is 283 g/mol. The summed E-state index contributed by atoms with van der Waals surface area (Å²) < 4.78 is 4.51. The van der Waals surface area contributed by atoms with Gasteiger partial charge in [0.05, 0.1) is 7.11 Å². The van der Waals surface area contributed by atoms with E-state index >= 15 is 0 Å². The van der Waals surface area contributed by atoms with Gasteiger partial charge in [-0.25, -0.2) is 0 Å². The standard InChI is InChI=1S/C10H11Cl2NO2.ClH/c1-15-10(14)9(13)5-6-7(11)3-2-4-8(6)12;/h2-4,9H,5,13H2,1H3;1H. The second-order valence-corrected chi connectivity index (χ2v) is 3.85. The van der Waals surface area contributed by atoms with E-state index in [9.17, 15) is 4.79 Å². The molecular formula is C10H12Cl3NO2. The molecular weight excluding hydrogens is 272 g/mol. The number of ether oxygens (including phenoxy) is 1. The Kier molecular flexibility index (Phi) is 6.76. The van der Waals surface area contributed by atoms with Crippen molar-refractivity contribution in [1.29, 1.82) is 0 Å². The maximum absolute atomic E-state index is 11.1. The summed E-state index contributed by atoms with van der Waals surface area (Å²) in [5, 5.41) is 1.00. The van der Waals surface area contributed by atoms with Gasteiger partial charge < -0.3 is 10.5 Å². The third-order valence-corrected chi connectivity index (χ3v) is 2.70. The minimum Gasteiger partial charge on any atom is -0.468 e. The highest BCUT2D eigenvalue weighted by atomic mass is 35.5. The van der Waals surface area contributed by atoms with E-state index < -0.39 is 12.0 Å². The second-order valence-electron chi connectivity index (χ2n) is 3.03. The fourth-order valence-electron chi connectivity index (χ4n) is 1.18. The molecule has 0 amide bonds. The number of hydrogen-bond acceptors (Lipinski definition) is 3. The molecule has 1 rings (SSSR count). The van der Waals surface area contributed by atoms with E-state index in [0.29, 0.717) is 15.6 Å². The van der Waals surface area contributed by atoms with E-state index in [2.05, 4.69) is 4.74 Å². The number of benzene rings is 1. The second kappa shape index (κ2) is 6.97. The van der Waals surface area contributed by atoms with Crippen LogP contribution in [0.1, 0.15) is 5.56 Å². The van der Waals surface area contributed by atoms with Gasteiger partial charge in [-0.3, -0.25) is 4.79 Å². The maximum Gasteiger partial charge on any atom is 0.322 e. The quantitative estimate of drug-likeness (QED) is 0.868. The van der Waals surface area contributed by atoms with Gasteiger partial charge in [-0.05, 0) is 17.7 Å². The van der Waals surface area contributed by atoms with Gasteiger partial charge in [0.1, 0.15) is 6.04 Å². The summed E-state index contributed by atoms with van der Waals surface area (Å²) in [6.07, 6.45) is 0.269. The average molecular weight is 285 g/mol.